The molecule has 0 saturated carbocycles. The molecule has 0 unspecified atom stereocenters. The van der Waals surface area contributed by atoms with Gasteiger partial charge in [-0.1, -0.05) is 12.1 Å². The van der Waals surface area contributed by atoms with Gasteiger partial charge in [-0.2, -0.15) is 0 Å². The van der Waals surface area contributed by atoms with Crippen LogP contribution in [0.2, 0.25) is 0 Å². The van der Waals surface area contributed by atoms with Gasteiger partial charge in [0.1, 0.15) is 0 Å². The monoisotopic (exact) mass is 221 g/mol. The first-order valence-corrected chi connectivity index (χ1v) is 6.89. The minimum Gasteiger partial charge on any atom is -0.317 e. The van der Waals surface area contributed by atoms with E-state index in [0.717, 1.165) is 5.92 Å². The molecule has 1 saturated heterocycles. The molecule has 1 aromatic carbocycles. The van der Waals surface area contributed by atoms with E-state index < -0.39 is 0 Å². The molecule has 0 amide bonds. The lowest BCUT2D eigenvalue weighted by molar-refractivity contribution is 0.460. The van der Waals surface area contributed by atoms with Crippen molar-refractivity contribution in [1.29, 1.82) is 0 Å². The lowest BCUT2D eigenvalue weighted by Gasteiger charge is -2.23. The van der Waals surface area contributed by atoms with Crippen LogP contribution in [0.15, 0.2) is 23.1 Å². The van der Waals surface area contributed by atoms with Gasteiger partial charge in [0.15, 0.2) is 0 Å². The van der Waals surface area contributed by atoms with Crippen LogP contribution in [0, 0.1) is 6.92 Å². The number of aryl methyl sites for hydroxylation is 1. The number of nitrogens with one attached hydrogen (secondary N) is 1. The van der Waals surface area contributed by atoms with Crippen LogP contribution in [-0.4, -0.2) is 19.3 Å². The minimum absolute atomic E-state index is 0.776. The van der Waals surface area contributed by atoms with E-state index >= 15 is 0 Å². The Morgan fingerprint density at radius 2 is 2.00 bits per heavy atom. The molecular weight excluding hydrogens is 202 g/mol. The maximum Gasteiger partial charge on any atom is 0.0101 e. The number of piperidine rings is 1. The highest BCUT2D eigenvalue weighted by Crippen LogP contribution is 2.29. The molecule has 2 rings (SSSR count). The second-order valence-corrected chi connectivity index (χ2v) is 5.10. The third-order valence-electron chi connectivity index (χ3n) is 3.24. The van der Waals surface area contributed by atoms with Crippen molar-refractivity contribution in [3.05, 3.63) is 29.3 Å². The molecule has 1 N–H and O–H groups in total. The first-order chi connectivity index (χ1) is 7.31. The summed E-state index contributed by atoms with van der Waals surface area (Å²) < 4.78 is 0. The molecule has 0 aliphatic carbocycles. The molecule has 1 aliphatic heterocycles. The first kappa shape index (κ1) is 11.0. The van der Waals surface area contributed by atoms with Gasteiger partial charge in [-0.3, -0.25) is 0 Å². The molecule has 82 valence electrons. The van der Waals surface area contributed by atoms with E-state index in [1.165, 1.54) is 42.0 Å². The lowest BCUT2D eigenvalue weighted by Crippen LogP contribution is -2.26. The number of thioether (sulfide) groups is 1. The Bertz CT molecular complexity index is 329. The average molecular weight is 221 g/mol. The highest BCUT2D eigenvalue weighted by molar-refractivity contribution is 7.98. The largest absolute Gasteiger partial charge is 0.317 e. The van der Waals surface area contributed by atoms with Crippen LogP contribution in [0.4, 0.5) is 0 Å². The van der Waals surface area contributed by atoms with Crippen LogP contribution < -0.4 is 5.32 Å². The summed E-state index contributed by atoms with van der Waals surface area (Å²) in [4.78, 5) is 1.44. The molecule has 0 atom stereocenters. The van der Waals surface area contributed by atoms with Crippen molar-refractivity contribution in [3.63, 3.8) is 0 Å². The van der Waals surface area contributed by atoms with E-state index in [4.69, 9.17) is 0 Å². The van der Waals surface area contributed by atoms with Crippen molar-refractivity contribution in [3.8, 4) is 0 Å². The van der Waals surface area contributed by atoms with Crippen LogP contribution in [0.1, 0.15) is 29.9 Å². The van der Waals surface area contributed by atoms with Gasteiger partial charge in [-0.05, 0) is 62.2 Å². The quantitative estimate of drug-likeness (QED) is 0.770. The molecule has 0 aromatic heterocycles. The van der Waals surface area contributed by atoms with Crippen LogP contribution in [-0.2, 0) is 0 Å². The van der Waals surface area contributed by atoms with Crippen molar-refractivity contribution >= 4 is 11.8 Å². The molecule has 1 heterocycles. The summed E-state index contributed by atoms with van der Waals surface area (Å²) in [6, 6.07) is 6.96. The number of hydrogen-bond acceptors (Lipinski definition) is 2. The second-order valence-electron chi connectivity index (χ2n) is 4.25. The van der Waals surface area contributed by atoms with Crippen LogP contribution >= 0.6 is 11.8 Å². The van der Waals surface area contributed by atoms with E-state index in [0.29, 0.717) is 0 Å². The molecule has 15 heavy (non-hydrogen) atoms. The Balaban J connectivity index is 2.20. The SMILES string of the molecule is CSc1cc(C2CCNCC2)ccc1C. The maximum absolute atomic E-state index is 3.42. The zero-order chi connectivity index (χ0) is 10.7. The van der Waals surface area contributed by atoms with Gasteiger partial charge in [0.2, 0.25) is 0 Å². The summed E-state index contributed by atoms with van der Waals surface area (Å²) in [6.45, 7) is 4.54. The third-order valence-corrected chi connectivity index (χ3v) is 4.12. The molecule has 1 aliphatic rings. The zero-order valence-electron chi connectivity index (χ0n) is 9.55. The Labute approximate surface area is 96.7 Å². The van der Waals surface area contributed by atoms with E-state index in [9.17, 15) is 0 Å². The van der Waals surface area contributed by atoms with Gasteiger partial charge in [0.05, 0.1) is 0 Å². The van der Waals surface area contributed by atoms with Gasteiger partial charge in [-0.15, -0.1) is 11.8 Å². The Morgan fingerprint density at radius 1 is 1.27 bits per heavy atom. The van der Waals surface area contributed by atoms with Crippen LogP contribution in [0.25, 0.3) is 0 Å². The van der Waals surface area contributed by atoms with Gasteiger partial charge in [-0.25, -0.2) is 0 Å². The van der Waals surface area contributed by atoms with E-state index in [-0.39, 0.29) is 0 Å². The lowest BCUT2D eigenvalue weighted by atomic mass is 9.90. The Morgan fingerprint density at radius 3 is 2.67 bits per heavy atom. The van der Waals surface area contributed by atoms with Gasteiger partial charge in [0.25, 0.3) is 0 Å². The first-order valence-electron chi connectivity index (χ1n) is 5.66. The van der Waals surface area contributed by atoms with Gasteiger partial charge < -0.3 is 5.32 Å². The topological polar surface area (TPSA) is 12.0 Å². The molecule has 0 bridgehead atoms. The molecule has 2 heteroatoms. The number of hydrogen-bond donors (Lipinski definition) is 1. The fourth-order valence-corrected chi connectivity index (χ4v) is 2.89. The summed E-state index contributed by atoms with van der Waals surface area (Å²) in [5.41, 5.74) is 2.94. The molecular formula is C13H19NS. The highest BCUT2D eigenvalue weighted by atomic mass is 32.2. The average Bonchev–Trinajstić information content (AvgIpc) is 2.31. The standard InChI is InChI=1S/C13H19NS/c1-10-3-4-12(9-13(10)15-2)11-5-7-14-8-6-11/h3-4,9,11,14H,5-8H2,1-2H3. The summed E-state index contributed by atoms with van der Waals surface area (Å²) in [5, 5.41) is 3.42. The van der Waals surface area contributed by atoms with Crippen molar-refractivity contribution in [1.82, 2.24) is 5.32 Å². The predicted molar refractivity (Wildman–Crippen MR) is 67.8 cm³/mol. The van der Waals surface area contributed by atoms with Crippen molar-refractivity contribution < 1.29 is 0 Å². The minimum atomic E-state index is 0.776. The van der Waals surface area contributed by atoms with E-state index in [1.54, 1.807) is 0 Å². The van der Waals surface area contributed by atoms with E-state index in [1.807, 2.05) is 11.8 Å². The van der Waals surface area contributed by atoms with Crippen molar-refractivity contribution in [2.75, 3.05) is 19.3 Å². The fourth-order valence-electron chi connectivity index (χ4n) is 2.25. The summed E-state index contributed by atoms with van der Waals surface area (Å²) in [7, 11) is 0. The normalized spacial score (nSPS) is 18.0. The third kappa shape index (κ3) is 2.56. The molecule has 1 fully saturated rings. The van der Waals surface area contributed by atoms with Crippen molar-refractivity contribution in [2.45, 2.75) is 30.6 Å². The summed E-state index contributed by atoms with van der Waals surface area (Å²) in [5.74, 6) is 0.776. The second kappa shape index (κ2) is 5.04. The predicted octanol–water partition coefficient (Wildman–Crippen LogP) is 3.18. The molecule has 1 aromatic rings. The maximum atomic E-state index is 3.42. The number of benzene rings is 1. The van der Waals surface area contributed by atoms with Crippen LogP contribution in [0.5, 0.6) is 0 Å². The van der Waals surface area contributed by atoms with Gasteiger partial charge >= 0.3 is 0 Å². The van der Waals surface area contributed by atoms with E-state index in [2.05, 4.69) is 36.7 Å². The Kier molecular flexibility index (Phi) is 3.71. The van der Waals surface area contributed by atoms with Gasteiger partial charge in [0, 0.05) is 4.90 Å². The highest BCUT2D eigenvalue weighted by Gasteiger charge is 2.15. The number of rotatable bonds is 2. The zero-order valence-corrected chi connectivity index (χ0v) is 10.4. The fraction of sp³-hybridized carbons (Fsp3) is 0.538. The molecule has 0 radical (unpaired) electrons. The Hall–Kier alpha value is -0.470. The summed E-state index contributed by atoms with van der Waals surface area (Å²) >= 11 is 1.86. The molecule has 1 nitrogen and oxygen atoms in total. The smallest absolute Gasteiger partial charge is 0.0101 e. The molecule has 0 spiro atoms. The summed E-state index contributed by atoms with van der Waals surface area (Å²) in [6.07, 6.45) is 4.74. The van der Waals surface area contributed by atoms with Crippen molar-refractivity contribution in [2.24, 2.45) is 0 Å². The van der Waals surface area contributed by atoms with Crippen LogP contribution in [0.3, 0.4) is 0 Å².